The van der Waals surface area contributed by atoms with E-state index < -0.39 is 0 Å². The molecule has 1 aromatic carbocycles. The lowest BCUT2D eigenvalue weighted by Gasteiger charge is -2.46. The summed E-state index contributed by atoms with van der Waals surface area (Å²) in [6.45, 7) is 2.52. The zero-order chi connectivity index (χ0) is 21.5. The standard InChI is InChI=1S/C24H26N6O2/c1-31-22-20-17(15-2-3-18-19(12-15)26-11-10-25-18)6-9-27-21(20)29-23(30-22)28-16-4-7-24(8-5-16)13-32-14-24/h2-3,6,10-12,16H,4-5,7-9,13-14H2,1H3,(H2,27,28,29,30). The van der Waals surface area contributed by atoms with Gasteiger partial charge in [-0.3, -0.25) is 9.97 Å². The second-order valence-electron chi connectivity index (χ2n) is 8.95. The van der Waals surface area contributed by atoms with Gasteiger partial charge in [0.1, 0.15) is 5.82 Å². The minimum Gasteiger partial charge on any atom is -0.480 e. The highest BCUT2D eigenvalue weighted by molar-refractivity contribution is 5.92. The fourth-order valence-corrected chi connectivity index (χ4v) is 5.00. The number of anilines is 2. The van der Waals surface area contributed by atoms with Crippen molar-refractivity contribution in [3.05, 3.63) is 47.8 Å². The van der Waals surface area contributed by atoms with E-state index in [0.717, 1.165) is 59.6 Å². The highest BCUT2D eigenvalue weighted by Crippen LogP contribution is 2.43. The van der Waals surface area contributed by atoms with Crippen molar-refractivity contribution < 1.29 is 9.47 Å². The molecule has 0 amide bonds. The zero-order valence-corrected chi connectivity index (χ0v) is 18.1. The first-order valence-corrected chi connectivity index (χ1v) is 11.2. The number of hydrogen-bond donors (Lipinski definition) is 2. The summed E-state index contributed by atoms with van der Waals surface area (Å²) in [4.78, 5) is 18.4. The van der Waals surface area contributed by atoms with Gasteiger partial charge in [-0.2, -0.15) is 9.97 Å². The van der Waals surface area contributed by atoms with E-state index in [9.17, 15) is 0 Å². The number of nitrogens with zero attached hydrogens (tertiary/aromatic N) is 4. The molecule has 0 atom stereocenters. The predicted octanol–water partition coefficient (Wildman–Crippen LogP) is 3.66. The first-order valence-electron chi connectivity index (χ1n) is 11.2. The average Bonchev–Trinajstić information content (AvgIpc) is 2.82. The summed E-state index contributed by atoms with van der Waals surface area (Å²) >= 11 is 0. The Morgan fingerprint density at radius 1 is 1.09 bits per heavy atom. The molecule has 0 bridgehead atoms. The Labute approximate surface area is 186 Å². The lowest BCUT2D eigenvalue weighted by Crippen LogP contribution is -2.47. The molecule has 3 aromatic rings. The molecule has 0 radical (unpaired) electrons. The molecule has 1 saturated heterocycles. The van der Waals surface area contributed by atoms with Gasteiger partial charge in [-0.1, -0.05) is 12.1 Å². The van der Waals surface area contributed by atoms with Crippen molar-refractivity contribution >= 4 is 28.4 Å². The van der Waals surface area contributed by atoms with Crippen LogP contribution in [0.15, 0.2) is 36.7 Å². The molecule has 8 heteroatoms. The Balaban J connectivity index is 1.29. The van der Waals surface area contributed by atoms with Gasteiger partial charge in [0.15, 0.2) is 0 Å². The van der Waals surface area contributed by atoms with E-state index in [1.807, 2.05) is 6.07 Å². The summed E-state index contributed by atoms with van der Waals surface area (Å²) < 4.78 is 11.2. The third kappa shape index (κ3) is 3.35. The fraction of sp³-hybridized carbons (Fsp3) is 0.417. The largest absolute Gasteiger partial charge is 0.480 e. The number of fused-ring (bicyclic) bond motifs is 2. The minimum absolute atomic E-state index is 0.377. The monoisotopic (exact) mass is 430 g/mol. The first kappa shape index (κ1) is 19.4. The van der Waals surface area contributed by atoms with Crippen LogP contribution >= 0.6 is 0 Å². The van der Waals surface area contributed by atoms with E-state index in [1.54, 1.807) is 19.5 Å². The molecular weight excluding hydrogens is 404 g/mol. The zero-order valence-electron chi connectivity index (χ0n) is 18.1. The Morgan fingerprint density at radius 3 is 2.66 bits per heavy atom. The summed E-state index contributed by atoms with van der Waals surface area (Å²) in [5.41, 5.74) is 5.12. The summed E-state index contributed by atoms with van der Waals surface area (Å²) in [5.74, 6) is 1.97. The van der Waals surface area contributed by atoms with Gasteiger partial charge in [0, 0.05) is 30.4 Å². The van der Waals surface area contributed by atoms with Crippen molar-refractivity contribution in [3.63, 3.8) is 0 Å². The van der Waals surface area contributed by atoms with Crippen molar-refractivity contribution in [3.8, 4) is 5.88 Å². The number of nitrogens with one attached hydrogen (secondary N) is 2. The first-order chi connectivity index (χ1) is 15.7. The smallest absolute Gasteiger partial charge is 0.228 e. The highest BCUT2D eigenvalue weighted by Gasteiger charge is 2.41. The molecule has 3 aliphatic rings. The van der Waals surface area contributed by atoms with E-state index in [4.69, 9.17) is 19.4 Å². The molecule has 2 N–H and O–H groups in total. The quantitative estimate of drug-likeness (QED) is 0.648. The molecular formula is C24H26N6O2. The fourth-order valence-electron chi connectivity index (χ4n) is 5.00. The van der Waals surface area contributed by atoms with E-state index in [-0.39, 0.29) is 0 Å². The molecule has 0 unspecified atom stereocenters. The number of hydrogen-bond acceptors (Lipinski definition) is 8. The third-order valence-corrected chi connectivity index (χ3v) is 6.89. The van der Waals surface area contributed by atoms with Crippen LogP contribution < -0.4 is 15.4 Å². The lowest BCUT2D eigenvalue weighted by molar-refractivity contribution is -0.131. The summed E-state index contributed by atoms with van der Waals surface area (Å²) in [7, 11) is 1.66. The van der Waals surface area contributed by atoms with Gasteiger partial charge in [0.25, 0.3) is 0 Å². The van der Waals surface area contributed by atoms with Crippen molar-refractivity contribution in [2.75, 3.05) is 37.5 Å². The number of aromatic nitrogens is 4. The van der Waals surface area contributed by atoms with E-state index in [2.05, 4.69) is 38.8 Å². The molecule has 2 aliphatic heterocycles. The maximum Gasteiger partial charge on any atom is 0.228 e. The Hall–Kier alpha value is -3.26. The van der Waals surface area contributed by atoms with Crippen LogP contribution in [0.5, 0.6) is 5.88 Å². The third-order valence-electron chi connectivity index (χ3n) is 6.89. The van der Waals surface area contributed by atoms with Crippen molar-refractivity contribution in [1.29, 1.82) is 0 Å². The molecule has 1 aliphatic carbocycles. The van der Waals surface area contributed by atoms with Gasteiger partial charge in [-0.05, 0) is 49.0 Å². The predicted molar refractivity (Wildman–Crippen MR) is 123 cm³/mol. The Kier molecular flexibility index (Phi) is 4.68. The Morgan fingerprint density at radius 2 is 1.91 bits per heavy atom. The van der Waals surface area contributed by atoms with Gasteiger partial charge >= 0.3 is 0 Å². The van der Waals surface area contributed by atoms with Gasteiger partial charge < -0.3 is 20.1 Å². The number of rotatable bonds is 4. The summed E-state index contributed by atoms with van der Waals surface area (Å²) in [6.07, 6.45) is 10.2. The lowest BCUT2D eigenvalue weighted by atomic mass is 9.71. The second-order valence-corrected chi connectivity index (χ2v) is 8.95. The van der Waals surface area contributed by atoms with Crippen LogP contribution in [-0.2, 0) is 4.74 Å². The number of methoxy groups -OCH3 is 1. The molecule has 1 spiro atoms. The summed E-state index contributed by atoms with van der Waals surface area (Å²) in [6, 6.07) is 6.48. The van der Waals surface area contributed by atoms with Crippen molar-refractivity contribution in [1.82, 2.24) is 19.9 Å². The maximum absolute atomic E-state index is 5.72. The molecule has 164 valence electrons. The minimum atomic E-state index is 0.377. The normalized spacial score (nSPS) is 19.6. The molecule has 6 rings (SSSR count). The van der Waals surface area contributed by atoms with E-state index in [0.29, 0.717) is 29.8 Å². The topological polar surface area (TPSA) is 94.1 Å². The van der Waals surface area contributed by atoms with Crippen LogP contribution in [0.2, 0.25) is 0 Å². The maximum atomic E-state index is 5.72. The summed E-state index contributed by atoms with van der Waals surface area (Å²) in [5, 5.41) is 6.94. The number of benzene rings is 1. The van der Waals surface area contributed by atoms with Gasteiger partial charge in [-0.25, -0.2) is 0 Å². The van der Waals surface area contributed by atoms with Gasteiger partial charge in [0.2, 0.25) is 11.8 Å². The van der Waals surface area contributed by atoms with Crippen LogP contribution in [0.3, 0.4) is 0 Å². The molecule has 2 aromatic heterocycles. The SMILES string of the molecule is COc1nc(NC2CCC3(CC2)COC3)nc2c1C(c1ccc3nccnc3c1)=CCN2. The van der Waals surface area contributed by atoms with E-state index in [1.165, 1.54) is 12.8 Å². The molecule has 2 fully saturated rings. The van der Waals surface area contributed by atoms with Crippen LogP contribution in [0.4, 0.5) is 11.8 Å². The molecule has 4 heterocycles. The molecule has 1 saturated carbocycles. The van der Waals surface area contributed by atoms with E-state index >= 15 is 0 Å². The van der Waals surface area contributed by atoms with Crippen LogP contribution in [0.1, 0.15) is 36.8 Å². The van der Waals surface area contributed by atoms with Crippen LogP contribution in [0.25, 0.3) is 16.6 Å². The van der Waals surface area contributed by atoms with Gasteiger partial charge in [-0.15, -0.1) is 0 Å². The second kappa shape index (κ2) is 7.70. The highest BCUT2D eigenvalue weighted by atomic mass is 16.5. The van der Waals surface area contributed by atoms with Crippen molar-refractivity contribution in [2.45, 2.75) is 31.7 Å². The van der Waals surface area contributed by atoms with Crippen LogP contribution in [-0.4, -0.2) is 52.8 Å². The number of ether oxygens (including phenoxy) is 2. The molecule has 32 heavy (non-hydrogen) atoms. The average molecular weight is 431 g/mol. The van der Waals surface area contributed by atoms with Crippen LogP contribution in [0, 0.1) is 5.41 Å². The van der Waals surface area contributed by atoms with Crippen molar-refractivity contribution in [2.24, 2.45) is 5.41 Å². The Bertz CT molecular complexity index is 1200. The molecule has 8 nitrogen and oxygen atoms in total. The van der Waals surface area contributed by atoms with Gasteiger partial charge in [0.05, 0.1) is 36.9 Å².